The molecule has 5 nitrogen and oxygen atoms in total. The molecule has 0 aliphatic heterocycles. The van der Waals surface area contributed by atoms with Gasteiger partial charge in [-0.3, -0.25) is 4.79 Å². The van der Waals surface area contributed by atoms with E-state index in [4.69, 9.17) is 9.63 Å². The van der Waals surface area contributed by atoms with Gasteiger partial charge >= 0.3 is 5.97 Å². The van der Waals surface area contributed by atoms with E-state index in [1.807, 2.05) is 0 Å². The van der Waals surface area contributed by atoms with Gasteiger partial charge in [0.2, 0.25) is 0 Å². The maximum absolute atomic E-state index is 12.8. The molecule has 0 saturated carbocycles. The number of hydrogen-bond donors (Lipinski definition) is 1. The summed E-state index contributed by atoms with van der Waals surface area (Å²) in [6.07, 6.45) is 0. The highest BCUT2D eigenvalue weighted by Crippen LogP contribution is 2.28. The van der Waals surface area contributed by atoms with Gasteiger partial charge in [-0.05, 0) is 38.1 Å². The van der Waals surface area contributed by atoms with Crippen molar-refractivity contribution >= 4 is 17.7 Å². The zero-order valence-corrected chi connectivity index (χ0v) is 11.8. The third-order valence-corrected chi connectivity index (χ3v) is 3.94. The summed E-state index contributed by atoms with van der Waals surface area (Å²) < 4.78 is 17.0. The van der Waals surface area contributed by atoms with E-state index in [9.17, 15) is 9.18 Å². The zero-order chi connectivity index (χ0) is 14.8. The van der Waals surface area contributed by atoms with E-state index < -0.39 is 10.7 Å². The van der Waals surface area contributed by atoms with Crippen LogP contribution in [-0.4, -0.2) is 26.0 Å². The minimum absolute atomic E-state index is 0.286. The van der Waals surface area contributed by atoms with Crippen molar-refractivity contribution in [1.82, 2.24) is 10.1 Å². The summed E-state index contributed by atoms with van der Waals surface area (Å²) in [4.78, 5) is 15.1. The van der Waals surface area contributed by atoms with Crippen molar-refractivity contribution in [1.29, 1.82) is 0 Å². The molecule has 0 radical (unpaired) electrons. The Bertz CT molecular complexity index is 610. The molecule has 0 aliphatic rings. The molecule has 1 aromatic heterocycles. The van der Waals surface area contributed by atoms with Gasteiger partial charge in [0.05, 0.1) is 5.75 Å². The van der Waals surface area contributed by atoms with Gasteiger partial charge in [-0.1, -0.05) is 5.16 Å². The van der Waals surface area contributed by atoms with Crippen LogP contribution in [0.15, 0.2) is 28.8 Å². The fourth-order valence-corrected chi connectivity index (χ4v) is 2.06. The van der Waals surface area contributed by atoms with E-state index in [2.05, 4.69) is 10.1 Å². The van der Waals surface area contributed by atoms with Crippen molar-refractivity contribution in [3.8, 4) is 11.5 Å². The Morgan fingerprint density at radius 3 is 2.65 bits per heavy atom. The first-order chi connectivity index (χ1) is 9.38. The van der Waals surface area contributed by atoms with Crippen LogP contribution >= 0.6 is 11.8 Å². The van der Waals surface area contributed by atoms with Gasteiger partial charge in [-0.25, -0.2) is 4.39 Å². The quantitative estimate of drug-likeness (QED) is 0.914. The molecule has 0 aliphatic carbocycles. The van der Waals surface area contributed by atoms with Crippen LogP contribution in [-0.2, 0) is 10.5 Å². The maximum atomic E-state index is 12.8. The Morgan fingerprint density at radius 2 is 2.05 bits per heavy atom. The maximum Gasteiger partial charge on any atom is 0.319 e. The van der Waals surface area contributed by atoms with E-state index in [-0.39, 0.29) is 11.7 Å². The summed E-state index contributed by atoms with van der Waals surface area (Å²) in [5, 5.41) is 12.8. The van der Waals surface area contributed by atoms with Gasteiger partial charge in [0.1, 0.15) is 10.6 Å². The molecular weight excluding hydrogens is 283 g/mol. The second kappa shape index (κ2) is 5.62. The lowest BCUT2D eigenvalue weighted by molar-refractivity contribution is -0.138. The monoisotopic (exact) mass is 296 g/mol. The number of nitrogens with zero attached hydrogens (tertiary/aromatic N) is 2. The number of aromatic nitrogens is 2. The molecule has 0 atom stereocenters. The minimum atomic E-state index is -0.920. The highest BCUT2D eigenvalue weighted by atomic mass is 32.2. The lowest BCUT2D eigenvalue weighted by atomic mass is 10.2. The lowest BCUT2D eigenvalue weighted by Crippen LogP contribution is -2.27. The molecular formula is C13H13FN2O3S. The number of benzene rings is 1. The average Bonchev–Trinajstić information content (AvgIpc) is 2.86. The Balaban J connectivity index is 2.06. The zero-order valence-electron chi connectivity index (χ0n) is 11.0. The molecule has 20 heavy (non-hydrogen) atoms. The number of carbonyl (C=O) groups is 1. The van der Waals surface area contributed by atoms with Crippen LogP contribution in [0.4, 0.5) is 4.39 Å². The normalized spacial score (nSPS) is 11.6. The van der Waals surface area contributed by atoms with Crippen molar-refractivity contribution in [3.05, 3.63) is 35.9 Å². The average molecular weight is 296 g/mol. The molecule has 2 aromatic rings. The van der Waals surface area contributed by atoms with Crippen LogP contribution in [0.5, 0.6) is 0 Å². The van der Waals surface area contributed by atoms with Crippen molar-refractivity contribution in [3.63, 3.8) is 0 Å². The largest absolute Gasteiger partial charge is 0.480 e. The predicted octanol–water partition coefficient (Wildman–Crippen LogP) is 2.97. The fourth-order valence-electron chi connectivity index (χ4n) is 1.33. The van der Waals surface area contributed by atoms with Gasteiger partial charge in [0.15, 0.2) is 5.82 Å². The smallest absolute Gasteiger partial charge is 0.319 e. The molecule has 2 rings (SSSR count). The van der Waals surface area contributed by atoms with E-state index in [1.54, 1.807) is 26.0 Å². The summed E-state index contributed by atoms with van der Waals surface area (Å²) in [5.41, 5.74) is 0.618. The number of carboxylic acid groups (broad SMARTS) is 1. The third kappa shape index (κ3) is 3.36. The first kappa shape index (κ1) is 14.5. The van der Waals surface area contributed by atoms with Gasteiger partial charge < -0.3 is 9.63 Å². The van der Waals surface area contributed by atoms with Crippen LogP contribution < -0.4 is 0 Å². The Hall–Kier alpha value is -1.89. The number of rotatable bonds is 5. The number of carboxylic acids is 1. The number of aliphatic carboxylic acids is 1. The highest BCUT2D eigenvalue weighted by Gasteiger charge is 2.28. The third-order valence-electron chi connectivity index (χ3n) is 2.64. The summed E-state index contributed by atoms with van der Waals surface area (Å²) in [5.74, 6) is -0.223. The molecule has 0 bridgehead atoms. The lowest BCUT2D eigenvalue weighted by Gasteiger charge is -2.16. The molecule has 106 valence electrons. The molecule has 0 amide bonds. The highest BCUT2D eigenvalue weighted by molar-refractivity contribution is 8.00. The molecule has 0 spiro atoms. The van der Waals surface area contributed by atoms with Crippen LogP contribution in [0.25, 0.3) is 11.5 Å². The summed E-state index contributed by atoms with van der Waals surface area (Å²) in [7, 11) is 0. The molecule has 1 aromatic carbocycles. The fraction of sp³-hybridized carbons (Fsp3) is 0.308. The first-order valence-electron chi connectivity index (χ1n) is 5.84. The number of hydrogen-bond acceptors (Lipinski definition) is 5. The molecule has 1 N–H and O–H groups in total. The second-order valence-corrected chi connectivity index (χ2v) is 6.22. The van der Waals surface area contributed by atoms with Crippen LogP contribution in [0.1, 0.15) is 19.7 Å². The van der Waals surface area contributed by atoms with Gasteiger partial charge in [0.25, 0.3) is 5.89 Å². The van der Waals surface area contributed by atoms with Gasteiger partial charge in [-0.15, -0.1) is 11.8 Å². The predicted molar refractivity (Wildman–Crippen MR) is 72.7 cm³/mol. The Morgan fingerprint density at radius 1 is 1.40 bits per heavy atom. The van der Waals surface area contributed by atoms with Crippen LogP contribution in [0.3, 0.4) is 0 Å². The first-order valence-corrected chi connectivity index (χ1v) is 6.83. The molecule has 1 heterocycles. The van der Waals surface area contributed by atoms with Gasteiger partial charge in [-0.2, -0.15) is 4.98 Å². The molecule has 0 unspecified atom stereocenters. The summed E-state index contributed by atoms with van der Waals surface area (Å²) in [6, 6.07) is 5.70. The number of thioether (sulfide) groups is 1. The van der Waals surface area contributed by atoms with E-state index in [0.29, 0.717) is 17.1 Å². The van der Waals surface area contributed by atoms with E-state index in [0.717, 1.165) is 0 Å². The standard InChI is InChI=1S/C13H13FN2O3S/c1-13(2,12(17)18)20-7-10-15-11(19-16-10)8-3-5-9(14)6-4-8/h3-6H,7H2,1-2H3,(H,17,18). The molecule has 0 fully saturated rings. The van der Waals surface area contributed by atoms with Crippen molar-refractivity contribution in [2.24, 2.45) is 0 Å². The van der Waals surface area contributed by atoms with Gasteiger partial charge in [0, 0.05) is 5.56 Å². The van der Waals surface area contributed by atoms with Crippen molar-refractivity contribution in [2.75, 3.05) is 0 Å². The number of halogens is 1. The van der Waals surface area contributed by atoms with Crippen LogP contribution in [0, 0.1) is 5.82 Å². The Kier molecular flexibility index (Phi) is 4.08. The minimum Gasteiger partial charge on any atom is -0.480 e. The molecule has 0 saturated heterocycles. The second-order valence-electron chi connectivity index (χ2n) is 4.63. The Labute approximate surface area is 119 Å². The van der Waals surface area contributed by atoms with E-state index >= 15 is 0 Å². The SMILES string of the molecule is CC(C)(SCc1noc(-c2ccc(F)cc2)n1)C(=O)O. The van der Waals surface area contributed by atoms with E-state index in [1.165, 1.54) is 23.9 Å². The summed E-state index contributed by atoms with van der Waals surface area (Å²) in [6.45, 7) is 3.22. The van der Waals surface area contributed by atoms with Crippen LogP contribution in [0.2, 0.25) is 0 Å². The molecule has 7 heteroatoms. The van der Waals surface area contributed by atoms with Crippen molar-refractivity contribution in [2.45, 2.75) is 24.3 Å². The summed E-state index contributed by atoms with van der Waals surface area (Å²) >= 11 is 1.21. The topological polar surface area (TPSA) is 76.2 Å². The van der Waals surface area contributed by atoms with Crippen molar-refractivity contribution < 1.29 is 18.8 Å².